The fourth-order valence-corrected chi connectivity index (χ4v) is 3.33. The molecule has 1 aliphatic rings. The van der Waals surface area contributed by atoms with Gasteiger partial charge in [-0.05, 0) is 43.1 Å². The van der Waals surface area contributed by atoms with Crippen molar-refractivity contribution >= 4 is 29.1 Å². The van der Waals surface area contributed by atoms with Gasteiger partial charge in [-0.2, -0.15) is 5.10 Å². The van der Waals surface area contributed by atoms with Crippen molar-refractivity contribution in [3.8, 4) is 0 Å². The van der Waals surface area contributed by atoms with Gasteiger partial charge in [0.25, 0.3) is 5.91 Å². The van der Waals surface area contributed by atoms with E-state index in [1.54, 1.807) is 24.0 Å². The summed E-state index contributed by atoms with van der Waals surface area (Å²) in [6.07, 6.45) is 3.80. The maximum Gasteiger partial charge on any atom is 0.272 e. The normalized spacial score (nSPS) is 18.5. The topological polar surface area (TPSA) is 50.2 Å². The first-order valence-corrected chi connectivity index (χ1v) is 8.73. The first-order chi connectivity index (χ1) is 11.5. The second-order valence-corrected chi connectivity index (χ2v) is 6.99. The summed E-state index contributed by atoms with van der Waals surface area (Å²) >= 11 is 12.0. The number of nitrogens with zero attached hydrogens (tertiary/aromatic N) is 3. The van der Waals surface area contributed by atoms with Crippen molar-refractivity contribution in [2.24, 2.45) is 7.05 Å². The van der Waals surface area contributed by atoms with Crippen LogP contribution in [0.3, 0.4) is 0 Å². The molecule has 1 unspecified atom stereocenters. The van der Waals surface area contributed by atoms with Gasteiger partial charge in [-0.25, -0.2) is 0 Å². The van der Waals surface area contributed by atoms with Gasteiger partial charge in [-0.15, -0.1) is 0 Å². The van der Waals surface area contributed by atoms with E-state index in [1.807, 2.05) is 18.2 Å². The molecule has 0 radical (unpaired) electrons. The Kier molecular flexibility index (Phi) is 5.43. The summed E-state index contributed by atoms with van der Waals surface area (Å²) in [6.45, 7) is 2.63. The molecule has 1 N–H and O–H groups in total. The van der Waals surface area contributed by atoms with Crippen LogP contribution in [0.4, 0.5) is 0 Å². The van der Waals surface area contributed by atoms with Crippen LogP contribution in [0.2, 0.25) is 10.0 Å². The standard InChI is InChI=1S/C17H20Cl2N4O/c1-22-8-6-16(21-22)17(24)20-13-3-2-7-23(11-13)10-12-4-5-14(18)15(19)9-12/h4-6,8-9,13H,2-3,7,10-11H2,1H3,(H,20,24). The van der Waals surface area contributed by atoms with Crippen molar-refractivity contribution < 1.29 is 4.79 Å². The van der Waals surface area contributed by atoms with Gasteiger partial charge >= 0.3 is 0 Å². The van der Waals surface area contributed by atoms with Crippen LogP contribution >= 0.6 is 23.2 Å². The second kappa shape index (κ2) is 7.55. The fourth-order valence-electron chi connectivity index (χ4n) is 3.01. The van der Waals surface area contributed by atoms with Gasteiger partial charge in [0, 0.05) is 32.4 Å². The zero-order valence-electron chi connectivity index (χ0n) is 13.5. The number of halogens is 2. The smallest absolute Gasteiger partial charge is 0.272 e. The summed E-state index contributed by atoms with van der Waals surface area (Å²) in [5.74, 6) is -0.114. The Balaban J connectivity index is 1.57. The van der Waals surface area contributed by atoms with Gasteiger partial charge < -0.3 is 5.32 Å². The number of carbonyl (C=O) groups excluding carboxylic acids is 1. The lowest BCUT2D eigenvalue weighted by atomic mass is 10.0. The molecule has 2 aromatic rings. The molecule has 1 aromatic heterocycles. The van der Waals surface area contributed by atoms with E-state index in [2.05, 4.69) is 15.3 Å². The zero-order chi connectivity index (χ0) is 17.1. The molecule has 128 valence electrons. The SMILES string of the molecule is Cn1ccc(C(=O)NC2CCCN(Cc3ccc(Cl)c(Cl)c3)C2)n1. The lowest BCUT2D eigenvalue weighted by molar-refractivity contribution is 0.0895. The van der Waals surface area contributed by atoms with Crippen molar-refractivity contribution in [1.29, 1.82) is 0 Å². The molecule has 24 heavy (non-hydrogen) atoms. The van der Waals surface area contributed by atoms with Crippen molar-refractivity contribution in [3.63, 3.8) is 0 Å². The Hall–Kier alpha value is -1.56. The molecular formula is C17H20Cl2N4O. The van der Waals surface area contributed by atoms with Crippen LogP contribution in [0, 0.1) is 0 Å². The average molecular weight is 367 g/mol. The molecule has 1 aromatic carbocycles. The molecule has 0 bridgehead atoms. The van der Waals surface area contributed by atoms with Gasteiger partial charge in [-0.1, -0.05) is 29.3 Å². The molecule has 0 spiro atoms. The molecular weight excluding hydrogens is 347 g/mol. The van der Waals surface area contributed by atoms with Crippen LogP contribution in [-0.2, 0) is 13.6 Å². The van der Waals surface area contributed by atoms with Crippen LogP contribution < -0.4 is 5.32 Å². The van der Waals surface area contributed by atoms with Crippen LogP contribution in [-0.4, -0.2) is 39.7 Å². The summed E-state index contributed by atoms with van der Waals surface area (Å²) in [5.41, 5.74) is 1.58. The molecule has 5 nitrogen and oxygen atoms in total. The molecule has 7 heteroatoms. The monoisotopic (exact) mass is 366 g/mol. The third kappa shape index (κ3) is 4.29. The predicted molar refractivity (Wildman–Crippen MR) is 95.4 cm³/mol. The summed E-state index contributed by atoms with van der Waals surface area (Å²) < 4.78 is 1.63. The van der Waals surface area contributed by atoms with Crippen LogP contribution in [0.1, 0.15) is 28.9 Å². The van der Waals surface area contributed by atoms with Crippen LogP contribution in [0.15, 0.2) is 30.5 Å². The van der Waals surface area contributed by atoms with Gasteiger partial charge in [0.2, 0.25) is 0 Å². The third-order valence-corrected chi connectivity index (χ3v) is 4.92. The molecule has 1 fully saturated rings. The maximum atomic E-state index is 12.2. The summed E-state index contributed by atoms with van der Waals surface area (Å²) in [7, 11) is 1.80. The Morgan fingerprint density at radius 2 is 2.17 bits per heavy atom. The molecule has 3 rings (SSSR count). The highest BCUT2D eigenvalue weighted by atomic mass is 35.5. The molecule has 1 atom stereocenters. The number of aromatic nitrogens is 2. The summed E-state index contributed by atoms with van der Waals surface area (Å²) in [5, 5.41) is 8.37. The minimum absolute atomic E-state index is 0.114. The van der Waals surface area contributed by atoms with Crippen LogP contribution in [0.5, 0.6) is 0 Å². The minimum atomic E-state index is -0.114. The van der Waals surface area contributed by atoms with Crippen molar-refractivity contribution in [2.45, 2.75) is 25.4 Å². The highest BCUT2D eigenvalue weighted by Gasteiger charge is 2.22. The zero-order valence-corrected chi connectivity index (χ0v) is 15.0. The van der Waals surface area contributed by atoms with Crippen molar-refractivity contribution in [3.05, 3.63) is 51.8 Å². The molecule has 1 saturated heterocycles. The Labute approximate surface area is 151 Å². The van der Waals surface area contributed by atoms with Crippen molar-refractivity contribution in [1.82, 2.24) is 20.0 Å². The van der Waals surface area contributed by atoms with Gasteiger partial charge in [0.05, 0.1) is 10.0 Å². The summed E-state index contributed by atoms with van der Waals surface area (Å²) in [6, 6.07) is 7.58. The number of amides is 1. The third-order valence-electron chi connectivity index (χ3n) is 4.18. The quantitative estimate of drug-likeness (QED) is 0.904. The number of benzene rings is 1. The number of rotatable bonds is 4. The fraction of sp³-hybridized carbons (Fsp3) is 0.412. The van der Waals surface area contributed by atoms with E-state index in [9.17, 15) is 4.79 Å². The van der Waals surface area contributed by atoms with Crippen LogP contribution in [0.25, 0.3) is 0 Å². The van der Waals surface area contributed by atoms with E-state index in [-0.39, 0.29) is 11.9 Å². The maximum absolute atomic E-state index is 12.2. The van der Waals surface area contributed by atoms with E-state index < -0.39 is 0 Å². The van der Waals surface area contributed by atoms with Gasteiger partial charge in [-0.3, -0.25) is 14.4 Å². The number of aryl methyl sites for hydroxylation is 1. The van der Waals surface area contributed by atoms with E-state index in [0.717, 1.165) is 38.0 Å². The van der Waals surface area contributed by atoms with E-state index in [1.165, 1.54) is 0 Å². The second-order valence-electron chi connectivity index (χ2n) is 6.17. The molecule has 0 saturated carbocycles. The number of hydrogen-bond acceptors (Lipinski definition) is 3. The predicted octanol–water partition coefficient (Wildman–Crippen LogP) is 3.12. The van der Waals surface area contributed by atoms with E-state index in [0.29, 0.717) is 15.7 Å². The minimum Gasteiger partial charge on any atom is -0.347 e. The molecule has 0 aliphatic carbocycles. The Bertz CT molecular complexity index is 731. The largest absolute Gasteiger partial charge is 0.347 e. The molecule has 1 aliphatic heterocycles. The average Bonchev–Trinajstić information content (AvgIpc) is 2.98. The number of carbonyl (C=O) groups is 1. The first kappa shape index (κ1) is 17.3. The molecule has 1 amide bonds. The lowest BCUT2D eigenvalue weighted by Crippen LogP contribution is -2.47. The summed E-state index contributed by atoms with van der Waals surface area (Å²) in [4.78, 5) is 14.6. The van der Waals surface area contributed by atoms with Crippen molar-refractivity contribution in [2.75, 3.05) is 13.1 Å². The Morgan fingerprint density at radius 3 is 2.88 bits per heavy atom. The van der Waals surface area contributed by atoms with E-state index in [4.69, 9.17) is 23.2 Å². The Morgan fingerprint density at radius 1 is 1.33 bits per heavy atom. The lowest BCUT2D eigenvalue weighted by Gasteiger charge is -2.33. The number of piperidine rings is 1. The number of nitrogens with one attached hydrogen (secondary N) is 1. The number of hydrogen-bond donors (Lipinski definition) is 1. The first-order valence-electron chi connectivity index (χ1n) is 7.98. The molecule has 2 heterocycles. The highest BCUT2D eigenvalue weighted by molar-refractivity contribution is 6.42. The van der Waals surface area contributed by atoms with Gasteiger partial charge in [0.1, 0.15) is 5.69 Å². The highest BCUT2D eigenvalue weighted by Crippen LogP contribution is 2.24. The number of likely N-dealkylation sites (tertiary alicyclic amines) is 1. The van der Waals surface area contributed by atoms with Gasteiger partial charge in [0.15, 0.2) is 0 Å². The van der Waals surface area contributed by atoms with E-state index >= 15 is 0 Å².